The predicted octanol–water partition coefficient (Wildman–Crippen LogP) is 3.84. The van der Waals surface area contributed by atoms with E-state index in [0.29, 0.717) is 6.61 Å². The van der Waals surface area contributed by atoms with Crippen LogP contribution < -0.4 is 0 Å². The minimum Gasteiger partial charge on any atom is -0.507 e. The van der Waals surface area contributed by atoms with Crippen LogP contribution in [0.4, 0.5) is 0 Å². The number of ether oxygens (including phenoxy) is 5. The van der Waals surface area contributed by atoms with Gasteiger partial charge >= 0.3 is 5.97 Å². The largest absolute Gasteiger partial charge is 0.507 e. The molecule has 5 atom stereocenters. The Balaban J connectivity index is 1.54. The van der Waals surface area contributed by atoms with E-state index >= 15 is 0 Å². The van der Waals surface area contributed by atoms with Gasteiger partial charge in [0.05, 0.1) is 19.8 Å². The Morgan fingerprint density at radius 2 is 1.51 bits per heavy atom. The summed E-state index contributed by atoms with van der Waals surface area (Å²) in [7, 11) is 0. The van der Waals surface area contributed by atoms with E-state index in [1.165, 1.54) is 12.1 Å². The van der Waals surface area contributed by atoms with Crippen molar-refractivity contribution in [2.24, 2.45) is 0 Å². The van der Waals surface area contributed by atoms with E-state index in [0.717, 1.165) is 11.1 Å². The lowest BCUT2D eigenvalue weighted by atomic mass is 10.1. The van der Waals surface area contributed by atoms with Crippen molar-refractivity contribution in [2.45, 2.75) is 50.8 Å². The predicted molar refractivity (Wildman–Crippen MR) is 135 cm³/mol. The second-order valence-electron chi connectivity index (χ2n) is 8.64. The number of carbonyl (C=O) groups excluding carboxylic acids is 1. The van der Waals surface area contributed by atoms with Crippen molar-refractivity contribution in [3.05, 3.63) is 102 Å². The van der Waals surface area contributed by atoms with Crippen LogP contribution in [-0.2, 0) is 36.9 Å². The first kappa shape index (κ1) is 26.8. The van der Waals surface area contributed by atoms with Gasteiger partial charge in [0.2, 0.25) is 0 Å². The molecule has 1 aliphatic rings. The Hall–Kier alpha value is -3.27. The standard InChI is InChI=1S/C29H32O8/c1-2-34-29-25(31)27(35-18-21-13-7-4-8-14-21)26(37-29)24(19-33-17-20-11-5-3-6-12-20)36-28(32)22-15-9-10-16-23(22)30/h3-16,24-27,29-31H,2,17-19H2,1H3/t24-,25-,26-,27-,29?/m1/s1. The van der Waals surface area contributed by atoms with Crippen molar-refractivity contribution in [1.82, 2.24) is 0 Å². The molecule has 0 amide bonds. The first-order valence-electron chi connectivity index (χ1n) is 12.3. The SMILES string of the molecule is CCOC1O[C@H]([C@@H](COCc2ccccc2)OC(=O)c2ccccc2O)[C@H](OCc2ccccc2)[C@H]1O. The molecule has 0 bridgehead atoms. The maximum Gasteiger partial charge on any atom is 0.342 e. The van der Waals surface area contributed by atoms with E-state index in [2.05, 4.69) is 0 Å². The average molecular weight is 509 g/mol. The van der Waals surface area contributed by atoms with E-state index in [-0.39, 0.29) is 31.1 Å². The highest BCUT2D eigenvalue weighted by molar-refractivity contribution is 5.92. The van der Waals surface area contributed by atoms with Crippen molar-refractivity contribution in [1.29, 1.82) is 0 Å². The molecule has 8 heteroatoms. The maximum absolute atomic E-state index is 13.0. The molecule has 3 aromatic rings. The normalized spacial score (nSPS) is 22.0. The molecule has 37 heavy (non-hydrogen) atoms. The van der Waals surface area contributed by atoms with Crippen molar-refractivity contribution in [3.63, 3.8) is 0 Å². The maximum atomic E-state index is 13.0. The summed E-state index contributed by atoms with van der Waals surface area (Å²) >= 11 is 0. The number of hydrogen-bond acceptors (Lipinski definition) is 8. The third kappa shape index (κ3) is 7.15. The molecule has 8 nitrogen and oxygen atoms in total. The summed E-state index contributed by atoms with van der Waals surface area (Å²) in [5.74, 6) is -0.945. The second kappa shape index (κ2) is 13.3. The van der Waals surface area contributed by atoms with Gasteiger partial charge in [-0.2, -0.15) is 0 Å². The van der Waals surface area contributed by atoms with Crippen LogP contribution >= 0.6 is 0 Å². The lowest BCUT2D eigenvalue weighted by Gasteiger charge is -2.28. The number of aliphatic hydroxyl groups excluding tert-OH is 1. The minimum absolute atomic E-state index is 0.0113. The number of rotatable bonds is 12. The number of phenols is 1. The highest BCUT2D eigenvalue weighted by Crippen LogP contribution is 2.30. The van der Waals surface area contributed by atoms with Crippen molar-refractivity contribution < 1.29 is 38.7 Å². The first-order chi connectivity index (χ1) is 18.1. The van der Waals surface area contributed by atoms with Gasteiger partial charge < -0.3 is 33.9 Å². The molecule has 0 saturated carbocycles. The van der Waals surface area contributed by atoms with E-state index in [1.807, 2.05) is 60.7 Å². The van der Waals surface area contributed by atoms with Gasteiger partial charge in [-0.1, -0.05) is 72.8 Å². The van der Waals surface area contributed by atoms with E-state index < -0.39 is 36.7 Å². The Kier molecular flexibility index (Phi) is 9.65. The van der Waals surface area contributed by atoms with Crippen molar-refractivity contribution in [3.8, 4) is 5.75 Å². The van der Waals surface area contributed by atoms with Crippen LogP contribution in [0, 0.1) is 0 Å². The number of para-hydroxylation sites is 1. The van der Waals surface area contributed by atoms with Crippen LogP contribution in [0.2, 0.25) is 0 Å². The first-order valence-corrected chi connectivity index (χ1v) is 12.3. The summed E-state index contributed by atoms with van der Waals surface area (Å²) in [5.41, 5.74) is 1.87. The zero-order valence-electron chi connectivity index (χ0n) is 20.6. The molecule has 3 aromatic carbocycles. The number of hydrogen-bond donors (Lipinski definition) is 2. The molecule has 0 radical (unpaired) electrons. The summed E-state index contributed by atoms with van der Waals surface area (Å²) in [4.78, 5) is 13.0. The quantitative estimate of drug-likeness (QED) is 0.356. The van der Waals surface area contributed by atoms with Gasteiger partial charge in [-0.05, 0) is 30.2 Å². The van der Waals surface area contributed by atoms with Crippen LogP contribution in [0.3, 0.4) is 0 Å². The minimum atomic E-state index is -1.12. The lowest BCUT2D eigenvalue weighted by Crippen LogP contribution is -2.45. The zero-order valence-corrected chi connectivity index (χ0v) is 20.6. The molecule has 0 aliphatic carbocycles. The molecule has 196 valence electrons. The molecule has 1 aliphatic heterocycles. The number of aromatic hydroxyl groups is 1. The molecule has 0 aromatic heterocycles. The van der Waals surface area contributed by atoms with E-state index in [9.17, 15) is 15.0 Å². The Bertz CT molecular complexity index is 1110. The number of benzene rings is 3. The van der Waals surface area contributed by atoms with Gasteiger partial charge in [-0.25, -0.2) is 4.79 Å². The summed E-state index contributed by atoms with van der Waals surface area (Å²) < 4.78 is 29.4. The van der Waals surface area contributed by atoms with Gasteiger partial charge in [-0.15, -0.1) is 0 Å². The summed E-state index contributed by atoms with van der Waals surface area (Å²) in [6.45, 7) is 2.57. The average Bonchev–Trinajstić information content (AvgIpc) is 3.23. The molecule has 1 fully saturated rings. The third-order valence-electron chi connectivity index (χ3n) is 5.99. The summed E-state index contributed by atoms with van der Waals surface area (Å²) in [5, 5.41) is 21.1. The lowest BCUT2D eigenvalue weighted by molar-refractivity contribution is -0.181. The molecule has 2 N–H and O–H groups in total. The van der Waals surface area contributed by atoms with Gasteiger partial charge in [0, 0.05) is 6.61 Å². The molecule has 4 rings (SSSR count). The highest BCUT2D eigenvalue weighted by atomic mass is 16.7. The number of carbonyl (C=O) groups is 1. The highest BCUT2D eigenvalue weighted by Gasteiger charge is 2.50. The topological polar surface area (TPSA) is 104 Å². The smallest absolute Gasteiger partial charge is 0.342 e. The summed E-state index contributed by atoms with van der Waals surface area (Å²) in [6.07, 6.45) is -4.79. The second-order valence-corrected chi connectivity index (χ2v) is 8.64. The van der Waals surface area contributed by atoms with Crippen LogP contribution in [-0.4, -0.2) is 60.1 Å². The monoisotopic (exact) mass is 508 g/mol. The number of phenolic OH excluding ortho intramolecular Hbond substituents is 1. The Morgan fingerprint density at radius 3 is 2.16 bits per heavy atom. The number of esters is 1. The van der Waals surface area contributed by atoms with Gasteiger partial charge in [0.15, 0.2) is 12.4 Å². The van der Waals surface area contributed by atoms with Crippen molar-refractivity contribution >= 4 is 5.97 Å². The molecule has 0 spiro atoms. The Morgan fingerprint density at radius 1 is 0.892 bits per heavy atom. The number of aliphatic hydroxyl groups is 1. The Labute approximate surface area is 216 Å². The third-order valence-corrected chi connectivity index (χ3v) is 5.99. The fourth-order valence-corrected chi connectivity index (χ4v) is 4.13. The molecule has 1 saturated heterocycles. The van der Waals surface area contributed by atoms with Crippen LogP contribution in [0.25, 0.3) is 0 Å². The van der Waals surface area contributed by atoms with Crippen LogP contribution in [0.5, 0.6) is 5.75 Å². The van der Waals surface area contributed by atoms with Gasteiger partial charge in [-0.3, -0.25) is 0 Å². The van der Waals surface area contributed by atoms with Crippen LogP contribution in [0.15, 0.2) is 84.9 Å². The van der Waals surface area contributed by atoms with E-state index in [1.54, 1.807) is 19.1 Å². The van der Waals surface area contributed by atoms with E-state index in [4.69, 9.17) is 23.7 Å². The fraction of sp³-hybridized carbons (Fsp3) is 0.345. The molecular weight excluding hydrogens is 476 g/mol. The van der Waals surface area contributed by atoms with Gasteiger partial charge in [0.25, 0.3) is 0 Å². The van der Waals surface area contributed by atoms with Crippen molar-refractivity contribution in [2.75, 3.05) is 13.2 Å². The molecule has 1 heterocycles. The zero-order chi connectivity index (χ0) is 26.0. The van der Waals surface area contributed by atoms with Crippen LogP contribution in [0.1, 0.15) is 28.4 Å². The molecular formula is C29H32O8. The molecule has 1 unspecified atom stereocenters. The fourth-order valence-electron chi connectivity index (χ4n) is 4.13. The summed E-state index contributed by atoms with van der Waals surface area (Å²) in [6, 6.07) is 25.2. The van der Waals surface area contributed by atoms with Gasteiger partial charge in [0.1, 0.15) is 29.6 Å².